The van der Waals surface area contributed by atoms with Crippen molar-refractivity contribution in [2.45, 2.75) is 57.9 Å². The lowest BCUT2D eigenvalue weighted by molar-refractivity contribution is -0.138. The topological polar surface area (TPSA) is 141 Å². The minimum atomic E-state index is -3.14. The van der Waals surface area contributed by atoms with Gasteiger partial charge in [-0.15, -0.1) is 16.7 Å². The number of amides is 2. The number of alkyl halides is 3. The Morgan fingerprint density at radius 1 is 1.04 bits per heavy atom. The smallest absolute Gasteiger partial charge is 0.355 e. The van der Waals surface area contributed by atoms with Crippen molar-refractivity contribution in [2.75, 3.05) is 11.5 Å². The summed E-state index contributed by atoms with van der Waals surface area (Å²) in [6.07, 6.45) is 4.19. The maximum absolute atomic E-state index is 14.1. The van der Waals surface area contributed by atoms with Gasteiger partial charge in [-0.25, -0.2) is 23.4 Å². The number of hydrogen-bond donors (Lipinski definition) is 1. The quantitative estimate of drug-likeness (QED) is 0.106. The lowest BCUT2D eigenvalue weighted by Gasteiger charge is -2.16. The molecule has 0 radical (unpaired) electrons. The number of aliphatic carboxylic acids is 1. The second kappa shape index (κ2) is 16.3. The largest absolute Gasteiger partial charge is 0.480 e. The summed E-state index contributed by atoms with van der Waals surface area (Å²) in [4.78, 5) is 61.0. The Hall–Kier alpha value is -4.11. The van der Waals surface area contributed by atoms with Gasteiger partial charge < -0.3 is 9.84 Å². The first-order valence-electron chi connectivity index (χ1n) is 14.8. The van der Waals surface area contributed by atoms with Crippen LogP contribution in [0.5, 0.6) is 0 Å². The van der Waals surface area contributed by atoms with E-state index in [9.17, 15) is 37.1 Å². The Labute approximate surface area is 302 Å². The minimum absolute atomic E-state index is 0.0926. The first-order chi connectivity index (χ1) is 23.6. The maximum atomic E-state index is 14.1. The normalized spacial score (nSPS) is 15.2. The first kappa shape index (κ1) is 38.7. The predicted molar refractivity (Wildman–Crippen MR) is 180 cm³/mol. The van der Waals surface area contributed by atoms with Crippen LogP contribution >= 0.6 is 46.4 Å². The van der Waals surface area contributed by atoms with Crippen molar-refractivity contribution < 1.29 is 42.2 Å². The van der Waals surface area contributed by atoms with Gasteiger partial charge in [-0.1, -0.05) is 34.8 Å². The second-order valence-corrected chi connectivity index (χ2v) is 12.6. The molecule has 266 valence electrons. The maximum Gasteiger partial charge on any atom is 0.355 e. The van der Waals surface area contributed by atoms with Crippen molar-refractivity contribution in [3.05, 3.63) is 89.8 Å². The van der Waals surface area contributed by atoms with Crippen molar-refractivity contribution in [3.63, 3.8) is 0 Å². The summed E-state index contributed by atoms with van der Waals surface area (Å²) in [5.74, 6) is -3.83. The summed E-state index contributed by atoms with van der Waals surface area (Å²) in [6, 6.07) is 6.63. The van der Waals surface area contributed by atoms with Gasteiger partial charge in [-0.3, -0.25) is 14.4 Å². The molecular weight excluding hydrogens is 751 g/mol. The number of ether oxygens (including phenoxy) is 1. The van der Waals surface area contributed by atoms with E-state index in [4.69, 9.17) is 56.2 Å². The Kier molecular flexibility index (Phi) is 12.6. The van der Waals surface area contributed by atoms with E-state index in [0.29, 0.717) is 44.9 Å². The summed E-state index contributed by atoms with van der Waals surface area (Å²) >= 11 is 23.6. The van der Waals surface area contributed by atoms with Crippen LogP contribution in [0.4, 0.5) is 18.9 Å². The zero-order valence-electron chi connectivity index (χ0n) is 26.2. The fourth-order valence-electron chi connectivity index (χ4n) is 5.19. The molecule has 1 aliphatic heterocycles. The molecule has 0 spiro atoms. The standard InChI is InChI=1S/C19H17Cl2NO4.C13H10Cl2F3N3O3/c1-2-26-19(25)16(21)10-11-9-12(7-8-15(11)20)22-17(23)13-5-3-4-6-14(13)18(22)24;1-5-19-21(13(24)20(5)12(17)18)10-3-6(2-8(15)11(22)23)7(14)4-9(10)16/h7-10H,2-6H2,1H3;3-4,8,12H,2H2,1H3,(H,22,23)/b16-10-;. The third-order valence-corrected chi connectivity index (χ3v) is 8.87. The molecule has 2 heterocycles. The van der Waals surface area contributed by atoms with E-state index >= 15 is 0 Å². The van der Waals surface area contributed by atoms with Crippen molar-refractivity contribution >= 4 is 81.9 Å². The highest BCUT2D eigenvalue weighted by Crippen LogP contribution is 2.37. The summed E-state index contributed by atoms with van der Waals surface area (Å²) in [5, 5.41) is 11.2. The van der Waals surface area contributed by atoms with Crippen LogP contribution in [0.1, 0.15) is 56.1 Å². The number of carboxylic acid groups (broad SMARTS) is 1. The third-order valence-electron chi connectivity index (χ3n) is 7.57. The lowest BCUT2D eigenvalue weighted by Crippen LogP contribution is -2.31. The highest BCUT2D eigenvalue weighted by molar-refractivity contribution is 6.44. The molecule has 2 amide bonds. The number of aromatic nitrogens is 3. The fourth-order valence-corrected chi connectivity index (χ4v) is 5.93. The number of imide groups is 1. The van der Waals surface area contributed by atoms with Crippen LogP contribution in [-0.2, 0) is 30.3 Å². The van der Waals surface area contributed by atoms with Crippen LogP contribution in [0.3, 0.4) is 0 Å². The van der Waals surface area contributed by atoms with Gasteiger partial charge in [0.15, 0.2) is 5.82 Å². The molecule has 0 saturated heterocycles. The van der Waals surface area contributed by atoms with Crippen LogP contribution in [0.2, 0.25) is 10.0 Å². The predicted octanol–water partition coefficient (Wildman–Crippen LogP) is 6.99. The Bertz CT molecular complexity index is 1970. The fraction of sp³-hybridized carbons (Fsp3) is 0.312. The number of carboxylic acids is 1. The molecule has 0 saturated carbocycles. The number of hydrogen-bond acceptors (Lipinski definition) is 7. The highest BCUT2D eigenvalue weighted by Gasteiger charge is 2.39. The van der Waals surface area contributed by atoms with E-state index in [2.05, 4.69) is 5.10 Å². The Morgan fingerprint density at radius 3 is 2.20 bits per heavy atom. The van der Waals surface area contributed by atoms with Gasteiger partial charge in [0.2, 0.25) is 0 Å². The van der Waals surface area contributed by atoms with Gasteiger partial charge in [0.1, 0.15) is 21.9 Å². The van der Waals surface area contributed by atoms with E-state index in [1.165, 1.54) is 11.0 Å². The Balaban J connectivity index is 0.000000226. The summed E-state index contributed by atoms with van der Waals surface area (Å²) in [5.41, 5.74) is 0.500. The number of esters is 1. The summed E-state index contributed by atoms with van der Waals surface area (Å²) in [7, 11) is 0. The molecule has 5 rings (SSSR count). The van der Waals surface area contributed by atoms with Gasteiger partial charge >= 0.3 is 24.2 Å². The number of aryl methyl sites for hydroxylation is 1. The molecular formula is C32H27Cl4F3N4O7. The SMILES string of the molecule is CCOC(=O)/C(Cl)=C/c1cc(N2C(=O)C3=C(CCCC3)C2=O)ccc1Cl.Cc1nn(-c2cc(CC(Cl)C(=O)O)c(Cl)cc2F)c(=O)n1C(F)F. The number of carbonyl (C=O) groups excluding carboxylic acids is 3. The summed E-state index contributed by atoms with van der Waals surface area (Å²) in [6.45, 7) is -0.0992. The minimum Gasteiger partial charge on any atom is -0.480 e. The molecule has 2 aliphatic rings. The van der Waals surface area contributed by atoms with Gasteiger partial charge in [0.05, 0.1) is 12.3 Å². The number of rotatable bonds is 9. The van der Waals surface area contributed by atoms with Gasteiger partial charge in [-0.05, 0) is 87.1 Å². The molecule has 50 heavy (non-hydrogen) atoms. The van der Waals surface area contributed by atoms with E-state index in [-0.39, 0.29) is 50.9 Å². The van der Waals surface area contributed by atoms with Crippen LogP contribution < -0.4 is 10.6 Å². The first-order valence-corrected chi connectivity index (χ1v) is 16.4. The van der Waals surface area contributed by atoms with E-state index < -0.39 is 41.1 Å². The molecule has 0 bridgehead atoms. The van der Waals surface area contributed by atoms with E-state index in [0.717, 1.165) is 31.9 Å². The monoisotopic (exact) mass is 776 g/mol. The van der Waals surface area contributed by atoms with Crippen molar-refractivity contribution in [1.29, 1.82) is 0 Å². The molecule has 2 aromatic carbocycles. The molecule has 1 atom stereocenters. The number of halogens is 7. The van der Waals surface area contributed by atoms with Crippen molar-refractivity contribution in [2.24, 2.45) is 0 Å². The highest BCUT2D eigenvalue weighted by atomic mass is 35.5. The molecule has 0 fully saturated rings. The van der Waals surface area contributed by atoms with Gasteiger partial charge in [0, 0.05) is 27.6 Å². The van der Waals surface area contributed by atoms with Crippen LogP contribution in [-0.4, -0.2) is 55.2 Å². The third kappa shape index (κ3) is 8.26. The average Bonchev–Trinajstić information content (AvgIpc) is 3.50. The zero-order chi connectivity index (χ0) is 37.0. The van der Waals surface area contributed by atoms with Crippen molar-refractivity contribution in [3.8, 4) is 5.69 Å². The summed E-state index contributed by atoms with van der Waals surface area (Å²) < 4.78 is 45.2. The molecule has 1 aliphatic carbocycles. The van der Waals surface area contributed by atoms with Gasteiger partial charge in [0.25, 0.3) is 11.8 Å². The number of anilines is 1. The number of nitrogens with zero attached hydrogens (tertiary/aromatic N) is 4. The molecule has 1 unspecified atom stereocenters. The van der Waals surface area contributed by atoms with Crippen LogP contribution in [0.25, 0.3) is 11.8 Å². The Morgan fingerprint density at radius 2 is 1.66 bits per heavy atom. The van der Waals surface area contributed by atoms with Crippen LogP contribution in [0, 0.1) is 12.7 Å². The molecule has 3 aromatic rings. The second-order valence-electron chi connectivity index (χ2n) is 10.8. The molecule has 1 N–H and O–H groups in total. The van der Waals surface area contributed by atoms with E-state index in [1.54, 1.807) is 25.1 Å². The lowest BCUT2D eigenvalue weighted by atomic mass is 9.93. The van der Waals surface area contributed by atoms with Crippen LogP contribution in [0.15, 0.2) is 51.3 Å². The molecule has 18 heteroatoms. The average molecular weight is 778 g/mol. The zero-order valence-corrected chi connectivity index (χ0v) is 29.2. The number of benzene rings is 2. The number of carbonyl (C=O) groups is 4. The molecule has 11 nitrogen and oxygen atoms in total. The van der Waals surface area contributed by atoms with Crippen molar-refractivity contribution in [1.82, 2.24) is 14.3 Å². The van der Waals surface area contributed by atoms with Gasteiger partial charge in [-0.2, -0.15) is 13.5 Å². The van der Waals surface area contributed by atoms with E-state index in [1.807, 2.05) is 0 Å². The molecule has 1 aromatic heterocycles.